The van der Waals surface area contributed by atoms with Gasteiger partial charge in [-0.05, 0) is 31.0 Å². The summed E-state index contributed by atoms with van der Waals surface area (Å²) in [4.78, 5) is 8.30. The molecule has 2 heterocycles. The molecule has 1 aliphatic rings. The predicted octanol–water partition coefficient (Wildman–Crippen LogP) is 2.97. The van der Waals surface area contributed by atoms with E-state index in [2.05, 4.69) is 22.5 Å². The van der Waals surface area contributed by atoms with Gasteiger partial charge in [-0.2, -0.15) is 18.3 Å². The first-order valence-corrected chi connectivity index (χ1v) is 10.3. The van der Waals surface area contributed by atoms with Gasteiger partial charge < -0.3 is 10.2 Å². The fourth-order valence-corrected chi connectivity index (χ4v) is 3.55. The van der Waals surface area contributed by atoms with E-state index in [-0.39, 0.29) is 0 Å². The number of rotatable bonds is 6. The molecule has 1 aromatic heterocycles. The van der Waals surface area contributed by atoms with Crippen molar-refractivity contribution in [1.29, 1.82) is 0 Å². The molecule has 1 N–H and O–H groups in total. The molecule has 2 aromatic rings. The quantitative estimate of drug-likeness (QED) is 0.575. The monoisotopic (exact) mass is 422 g/mol. The Morgan fingerprint density at radius 3 is 2.43 bits per heavy atom. The van der Waals surface area contributed by atoms with Gasteiger partial charge in [0.1, 0.15) is 6.04 Å². The lowest BCUT2D eigenvalue weighted by atomic mass is 10.1. The van der Waals surface area contributed by atoms with Crippen molar-refractivity contribution < 1.29 is 13.2 Å². The van der Waals surface area contributed by atoms with E-state index in [1.165, 1.54) is 11.8 Å². The zero-order valence-electron chi connectivity index (χ0n) is 17.4. The van der Waals surface area contributed by atoms with Crippen LogP contribution in [0.1, 0.15) is 25.0 Å². The summed E-state index contributed by atoms with van der Waals surface area (Å²) in [6.45, 7) is 6.84. The second-order valence-electron chi connectivity index (χ2n) is 7.38. The first kappa shape index (κ1) is 22.1. The second-order valence-corrected chi connectivity index (χ2v) is 7.38. The van der Waals surface area contributed by atoms with E-state index in [1.807, 2.05) is 40.9 Å². The highest BCUT2D eigenvalue weighted by Crippen LogP contribution is 2.25. The van der Waals surface area contributed by atoms with Crippen LogP contribution in [0.2, 0.25) is 0 Å². The second kappa shape index (κ2) is 9.97. The lowest BCUT2D eigenvalue weighted by molar-refractivity contribution is -0.181. The Bertz CT molecular complexity index is 810. The zero-order valence-corrected chi connectivity index (χ0v) is 17.4. The molecule has 0 amide bonds. The van der Waals surface area contributed by atoms with Crippen LogP contribution in [0.25, 0.3) is 0 Å². The van der Waals surface area contributed by atoms with E-state index in [1.54, 1.807) is 6.20 Å². The van der Waals surface area contributed by atoms with Gasteiger partial charge in [-0.3, -0.25) is 9.58 Å². The van der Waals surface area contributed by atoms with E-state index in [4.69, 9.17) is 4.99 Å². The standard InChI is InChI=1S/C21H29F3N6/c1-3-25-20(29-13-11-28(12-14-29)17(2)21(22,23)24)26-15-18-7-4-5-8-19(18)16-30-10-6-9-27-30/h4-10,17H,3,11-16H2,1-2H3,(H,25,26). The summed E-state index contributed by atoms with van der Waals surface area (Å²) in [6.07, 6.45) is -0.520. The SMILES string of the molecule is CCNC(=NCc1ccccc1Cn1cccn1)N1CCN(C(C)C(F)(F)F)CC1. The number of halogens is 3. The molecule has 0 bridgehead atoms. The van der Waals surface area contributed by atoms with Crippen molar-refractivity contribution in [2.75, 3.05) is 32.7 Å². The normalized spacial score (nSPS) is 17.2. The van der Waals surface area contributed by atoms with Crippen LogP contribution in [0.15, 0.2) is 47.7 Å². The molecule has 30 heavy (non-hydrogen) atoms. The Balaban J connectivity index is 1.66. The molecular weight excluding hydrogens is 393 g/mol. The van der Waals surface area contributed by atoms with Crippen molar-refractivity contribution in [3.63, 3.8) is 0 Å². The van der Waals surface area contributed by atoms with Crippen LogP contribution in [0.4, 0.5) is 13.2 Å². The third-order valence-corrected chi connectivity index (χ3v) is 5.38. The van der Waals surface area contributed by atoms with Gasteiger partial charge in [-0.1, -0.05) is 24.3 Å². The first-order valence-electron chi connectivity index (χ1n) is 10.3. The van der Waals surface area contributed by atoms with E-state index in [9.17, 15) is 13.2 Å². The number of nitrogens with one attached hydrogen (secondary N) is 1. The molecule has 0 radical (unpaired) electrons. The number of piperazine rings is 1. The molecule has 1 fully saturated rings. The first-order chi connectivity index (χ1) is 14.4. The lowest BCUT2D eigenvalue weighted by Crippen LogP contribution is -2.56. The summed E-state index contributed by atoms with van der Waals surface area (Å²) in [5.41, 5.74) is 2.25. The van der Waals surface area contributed by atoms with Gasteiger partial charge >= 0.3 is 6.18 Å². The summed E-state index contributed by atoms with van der Waals surface area (Å²) in [7, 11) is 0. The smallest absolute Gasteiger partial charge is 0.357 e. The predicted molar refractivity (Wildman–Crippen MR) is 111 cm³/mol. The number of aromatic nitrogens is 2. The van der Waals surface area contributed by atoms with Crippen molar-refractivity contribution in [3.8, 4) is 0 Å². The molecule has 9 heteroatoms. The van der Waals surface area contributed by atoms with Crippen molar-refractivity contribution in [2.24, 2.45) is 4.99 Å². The minimum Gasteiger partial charge on any atom is -0.357 e. The maximum Gasteiger partial charge on any atom is 0.403 e. The third-order valence-electron chi connectivity index (χ3n) is 5.38. The highest BCUT2D eigenvalue weighted by Gasteiger charge is 2.41. The molecule has 164 valence electrons. The van der Waals surface area contributed by atoms with Crippen LogP contribution in [0, 0.1) is 0 Å². The summed E-state index contributed by atoms with van der Waals surface area (Å²) in [5.74, 6) is 0.741. The molecule has 0 saturated carbocycles. The minimum atomic E-state index is -4.20. The fourth-order valence-electron chi connectivity index (χ4n) is 3.55. The number of aliphatic imine (C=N–C) groups is 1. The molecule has 1 aliphatic heterocycles. The van der Waals surface area contributed by atoms with Gasteiger partial charge in [-0.25, -0.2) is 4.99 Å². The number of hydrogen-bond acceptors (Lipinski definition) is 3. The van der Waals surface area contributed by atoms with Crippen LogP contribution < -0.4 is 5.32 Å². The molecule has 1 unspecified atom stereocenters. The van der Waals surface area contributed by atoms with Crippen molar-refractivity contribution >= 4 is 5.96 Å². The molecular formula is C21H29F3N6. The van der Waals surface area contributed by atoms with Crippen LogP contribution >= 0.6 is 0 Å². The van der Waals surface area contributed by atoms with E-state index in [0.717, 1.165) is 17.1 Å². The number of alkyl halides is 3. The number of nitrogens with zero attached hydrogens (tertiary/aromatic N) is 5. The van der Waals surface area contributed by atoms with Crippen molar-refractivity contribution in [3.05, 3.63) is 53.9 Å². The van der Waals surface area contributed by atoms with Gasteiger partial charge in [-0.15, -0.1) is 0 Å². The molecule has 1 aromatic carbocycles. The largest absolute Gasteiger partial charge is 0.403 e. The average molecular weight is 422 g/mol. The molecule has 0 aliphatic carbocycles. The molecule has 3 rings (SSSR count). The summed E-state index contributed by atoms with van der Waals surface area (Å²) < 4.78 is 40.9. The summed E-state index contributed by atoms with van der Waals surface area (Å²) in [6, 6.07) is 8.57. The highest BCUT2D eigenvalue weighted by atomic mass is 19.4. The lowest BCUT2D eigenvalue weighted by Gasteiger charge is -2.39. The number of benzene rings is 1. The topological polar surface area (TPSA) is 48.7 Å². The fraction of sp³-hybridized carbons (Fsp3) is 0.524. The maximum atomic E-state index is 13.0. The van der Waals surface area contributed by atoms with E-state index >= 15 is 0 Å². The van der Waals surface area contributed by atoms with E-state index in [0.29, 0.717) is 45.8 Å². The average Bonchev–Trinajstić information content (AvgIpc) is 3.24. The van der Waals surface area contributed by atoms with E-state index < -0.39 is 12.2 Å². The summed E-state index contributed by atoms with van der Waals surface area (Å²) in [5, 5.41) is 7.54. The maximum absolute atomic E-state index is 13.0. The van der Waals surface area contributed by atoms with Gasteiger partial charge in [0.2, 0.25) is 0 Å². The minimum absolute atomic E-state index is 0.362. The molecule has 1 atom stereocenters. The van der Waals surface area contributed by atoms with Crippen molar-refractivity contribution in [1.82, 2.24) is 24.9 Å². The Hall–Kier alpha value is -2.55. The summed E-state index contributed by atoms with van der Waals surface area (Å²) >= 11 is 0. The molecule has 1 saturated heterocycles. The van der Waals surface area contributed by atoms with Gasteiger partial charge in [0.05, 0.1) is 13.1 Å². The number of hydrogen-bond donors (Lipinski definition) is 1. The van der Waals surface area contributed by atoms with Crippen LogP contribution in [0.5, 0.6) is 0 Å². The van der Waals surface area contributed by atoms with Gasteiger partial charge in [0, 0.05) is 45.1 Å². The van der Waals surface area contributed by atoms with Gasteiger partial charge in [0.25, 0.3) is 0 Å². The van der Waals surface area contributed by atoms with Crippen LogP contribution in [0.3, 0.4) is 0 Å². The van der Waals surface area contributed by atoms with Crippen molar-refractivity contribution in [2.45, 2.75) is 39.2 Å². The van der Waals surface area contributed by atoms with Crippen LogP contribution in [-0.2, 0) is 13.1 Å². The highest BCUT2D eigenvalue weighted by molar-refractivity contribution is 5.80. The molecule has 0 spiro atoms. The Morgan fingerprint density at radius 1 is 1.13 bits per heavy atom. The third kappa shape index (κ3) is 5.75. The zero-order chi connectivity index (χ0) is 21.6. The van der Waals surface area contributed by atoms with Crippen LogP contribution in [-0.4, -0.2) is 70.5 Å². The van der Waals surface area contributed by atoms with Gasteiger partial charge in [0.15, 0.2) is 5.96 Å². The molecule has 6 nitrogen and oxygen atoms in total. The Labute approximate surface area is 175 Å². The number of guanidine groups is 1. The Kier molecular flexibility index (Phi) is 7.36. The Morgan fingerprint density at radius 2 is 1.83 bits per heavy atom.